The molecule has 0 fully saturated rings. The molecule has 2 aromatic rings. The van der Waals surface area contributed by atoms with Crippen molar-refractivity contribution in [2.45, 2.75) is 26.2 Å². The first-order chi connectivity index (χ1) is 10.8. The molecular formula is C18H23NO2S. The predicted molar refractivity (Wildman–Crippen MR) is 92.2 cm³/mol. The summed E-state index contributed by atoms with van der Waals surface area (Å²) in [5.41, 5.74) is 2.05. The molecule has 1 atom stereocenters. The molecule has 0 saturated heterocycles. The van der Waals surface area contributed by atoms with Crippen LogP contribution in [0.5, 0.6) is 0 Å². The maximum absolute atomic E-state index is 12.4. The lowest BCUT2D eigenvalue weighted by molar-refractivity contribution is 0.0947. The normalized spacial score (nSPS) is 12.1. The molecule has 4 heteroatoms. The highest BCUT2D eigenvalue weighted by Gasteiger charge is 2.16. The van der Waals surface area contributed by atoms with E-state index in [4.69, 9.17) is 5.11 Å². The van der Waals surface area contributed by atoms with Gasteiger partial charge < -0.3 is 10.4 Å². The minimum absolute atomic E-state index is 0.0205. The zero-order chi connectivity index (χ0) is 15.8. The minimum Gasteiger partial charge on any atom is -0.396 e. The molecule has 0 aliphatic rings. The summed E-state index contributed by atoms with van der Waals surface area (Å²) in [4.78, 5) is 13.2. The van der Waals surface area contributed by atoms with Crippen molar-refractivity contribution in [2.24, 2.45) is 5.92 Å². The molecule has 0 spiro atoms. The summed E-state index contributed by atoms with van der Waals surface area (Å²) in [5.74, 6) is 0.326. The van der Waals surface area contributed by atoms with Crippen molar-refractivity contribution < 1.29 is 9.90 Å². The highest BCUT2D eigenvalue weighted by Crippen LogP contribution is 2.28. The Hall–Kier alpha value is -1.65. The fourth-order valence-corrected chi connectivity index (χ4v) is 3.42. The predicted octanol–water partition coefficient (Wildman–Crippen LogP) is 3.94. The van der Waals surface area contributed by atoms with Gasteiger partial charge in [-0.3, -0.25) is 4.79 Å². The number of carbonyl (C=O) groups is 1. The monoisotopic (exact) mass is 317 g/mol. The maximum atomic E-state index is 12.4. The second-order valence-electron chi connectivity index (χ2n) is 5.41. The molecule has 0 aliphatic carbocycles. The Kier molecular flexibility index (Phi) is 6.62. The lowest BCUT2D eigenvalue weighted by atomic mass is 10.00. The second kappa shape index (κ2) is 8.71. The molecule has 0 saturated carbocycles. The van der Waals surface area contributed by atoms with Crippen molar-refractivity contribution in [2.75, 3.05) is 13.2 Å². The average Bonchev–Trinajstić information content (AvgIpc) is 3.03. The van der Waals surface area contributed by atoms with Crippen molar-refractivity contribution in [3.05, 3.63) is 46.7 Å². The Morgan fingerprint density at radius 2 is 2.00 bits per heavy atom. The third-order valence-corrected chi connectivity index (χ3v) is 4.65. The summed E-state index contributed by atoms with van der Waals surface area (Å²) in [7, 11) is 0. The summed E-state index contributed by atoms with van der Waals surface area (Å²) in [6.07, 6.45) is 2.83. The molecule has 1 heterocycles. The fourth-order valence-electron chi connectivity index (χ4n) is 2.59. The van der Waals surface area contributed by atoms with Crippen molar-refractivity contribution in [3.63, 3.8) is 0 Å². The van der Waals surface area contributed by atoms with Crippen molar-refractivity contribution >= 4 is 17.2 Å². The van der Waals surface area contributed by atoms with Gasteiger partial charge in [-0.15, -0.1) is 11.3 Å². The number of aliphatic hydroxyl groups is 1. The smallest absolute Gasteiger partial charge is 0.261 e. The molecule has 0 radical (unpaired) electrons. The van der Waals surface area contributed by atoms with Gasteiger partial charge in [0.15, 0.2) is 0 Å². The van der Waals surface area contributed by atoms with Crippen LogP contribution in [-0.4, -0.2) is 24.2 Å². The molecule has 2 rings (SSSR count). The minimum atomic E-state index is -0.0205. The molecule has 22 heavy (non-hydrogen) atoms. The molecule has 1 unspecified atom stereocenters. The Bertz CT molecular complexity index is 574. The van der Waals surface area contributed by atoms with Crippen LogP contribution in [0.1, 0.15) is 35.9 Å². The number of aliphatic hydroxyl groups excluding tert-OH is 1. The van der Waals surface area contributed by atoms with Crippen LogP contribution >= 0.6 is 11.3 Å². The first-order valence-electron chi connectivity index (χ1n) is 7.78. The van der Waals surface area contributed by atoms with Crippen molar-refractivity contribution in [1.29, 1.82) is 0 Å². The van der Waals surface area contributed by atoms with Gasteiger partial charge in [0.2, 0.25) is 0 Å². The molecule has 1 aromatic carbocycles. The number of amides is 1. The number of hydrogen-bond donors (Lipinski definition) is 2. The molecular weight excluding hydrogens is 294 g/mol. The number of nitrogens with one attached hydrogen (secondary N) is 1. The topological polar surface area (TPSA) is 49.3 Å². The highest BCUT2D eigenvalue weighted by atomic mass is 32.1. The molecule has 0 bridgehead atoms. The summed E-state index contributed by atoms with van der Waals surface area (Å²) in [6, 6.07) is 12.0. The Morgan fingerprint density at radius 1 is 1.23 bits per heavy atom. The van der Waals surface area contributed by atoms with Gasteiger partial charge in [-0.25, -0.2) is 0 Å². The quantitative estimate of drug-likeness (QED) is 0.774. The lowest BCUT2D eigenvalue weighted by Gasteiger charge is -2.15. The van der Waals surface area contributed by atoms with E-state index in [2.05, 4.69) is 12.2 Å². The SMILES string of the molecule is CCCC(CCO)CNC(=O)c1sccc1-c1ccccc1. The van der Waals surface area contributed by atoms with Gasteiger partial charge in [-0.1, -0.05) is 43.7 Å². The molecule has 0 aliphatic heterocycles. The van der Waals surface area contributed by atoms with Crippen molar-refractivity contribution in [1.82, 2.24) is 5.32 Å². The number of thiophene rings is 1. The molecule has 1 amide bonds. The van der Waals surface area contributed by atoms with Gasteiger partial charge in [-0.05, 0) is 35.8 Å². The van der Waals surface area contributed by atoms with Crippen LogP contribution in [0.4, 0.5) is 0 Å². The standard InChI is InChI=1S/C18H23NO2S/c1-2-6-14(9-11-20)13-19-18(21)17-16(10-12-22-17)15-7-4-3-5-8-15/h3-5,7-8,10,12,14,20H,2,6,9,11,13H2,1H3,(H,19,21). The van der Waals surface area contributed by atoms with E-state index in [9.17, 15) is 4.79 Å². The van der Waals surface area contributed by atoms with Gasteiger partial charge >= 0.3 is 0 Å². The third-order valence-electron chi connectivity index (χ3n) is 3.74. The van der Waals surface area contributed by atoms with E-state index in [0.717, 1.165) is 35.3 Å². The van der Waals surface area contributed by atoms with E-state index in [-0.39, 0.29) is 12.5 Å². The van der Waals surface area contributed by atoms with E-state index in [1.807, 2.05) is 41.8 Å². The zero-order valence-electron chi connectivity index (χ0n) is 12.9. The Labute approximate surface area is 136 Å². The van der Waals surface area contributed by atoms with Crippen LogP contribution in [0.2, 0.25) is 0 Å². The zero-order valence-corrected chi connectivity index (χ0v) is 13.7. The van der Waals surface area contributed by atoms with Gasteiger partial charge in [0.05, 0.1) is 4.88 Å². The van der Waals surface area contributed by atoms with Crippen LogP contribution in [0, 0.1) is 5.92 Å². The molecule has 3 nitrogen and oxygen atoms in total. The first-order valence-corrected chi connectivity index (χ1v) is 8.66. The van der Waals surface area contributed by atoms with Crippen LogP contribution < -0.4 is 5.32 Å². The van der Waals surface area contributed by atoms with E-state index in [0.29, 0.717) is 12.5 Å². The van der Waals surface area contributed by atoms with Crippen LogP contribution in [0.3, 0.4) is 0 Å². The fraction of sp³-hybridized carbons (Fsp3) is 0.389. The number of hydrogen-bond acceptors (Lipinski definition) is 3. The van der Waals surface area contributed by atoms with Crippen LogP contribution in [-0.2, 0) is 0 Å². The van der Waals surface area contributed by atoms with E-state index in [1.54, 1.807) is 0 Å². The van der Waals surface area contributed by atoms with E-state index in [1.165, 1.54) is 11.3 Å². The molecule has 1 aromatic heterocycles. The summed E-state index contributed by atoms with van der Waals surface area (Å²) < 4.78 is 0. The summed E-state index contributed by atoms with van der Waals surface area (Å²) in [6.45, 7) is 2.92. The average molecular weight is 317 g/mol. The van der Waals surface area contributed by atoms with Gasteiger partial charge in [0.25, 0.3) is 5.91 Å². The largest absolute Gasteiger partial charge is 0.396 e. The first kappa shape index (κ1) is 16.7. The van der Waals surface area contributed by atoms with Gasteiger partial charge in [-0.2, -0.15) is 0 Å². The van der Waals surface area contributed by atoms with Crippen molar-refractivity contribution in [3.8, 4) is 11.1 Å². The summed E-state index contributed by atoms with van der Waals surface area (Å²) in [5, 5.41) is 14.1. The van der Waals surface area contributed by atoms with Gasteiger partial charge in [0.1, 0.15) is 0 Å². The van der Waals surface area contributed by atoms with Crippen LogP contribution in [0.25, 0.3) is 11.1 Å². The Morgan fingerprint density at radius 3 is 2.68 bits per heavy atom. The highest BCUT2D eigenvalue weighted by molar-refractivity contribution is 7.12. The summed E-state index contributed by atoms with van der Waals surface area (Å²) >= 11 is 1.47. The maximum Gasteiger partial charge on any atom is 0.261 e. The number of benzene rings is 1. The molecule has 118 valence electrons. The number of rotatable bonds is 8. The van der Waals surface area contributed by atoms with E-state index >= 15 is 0 Å². The van der Waals surface area contributed by atoms with E-state index < -0.39 is 0 Å². The number of carbonyl (C=O) groups excluding carboxylic acids is 1. The molecule has 2 N–H and O–H groups in total. The lowest BCUT2D eigenvalue weighted by Crippen LogP contribution is -2.29. The Balaban J connectivity index is 2.03. The van der Waals surface area contributed by atoms with Crippen LogP contribution in [0.15, 0.2) is 41.8 Å². The third kappa shape index (κ3) is 4.42. The second-order valence-corrected chi connectivity index (χ2v) is 6.32. The van der Waals surface area contributed by atoms with Gasteiger partial charge in [0, 0.05) is 18.7 Å².